The molecule has 1 atom stereocenters. The van der Waals surface area contributed by atoms with Crippen LogP contribution in [-0.4, -0.2) is 53.8 Å². The first-order valence-corrected chi connectivity index (χ1v) is 6.57. The molecule has 1 saturated heterocycles. The van der Waals surface area contributed by atoms with Crippen molar-refractivity contribution in [3.63, 3.8) is 0 Å². The number of aromatic nitrogens is 2. The van der Waals surface area contributed by atoms with E-state index >= 15 is 0 Å². The van der Waals surface area contributed by atoms with Gasteiger partial charge in [0.2, 0.25) is 5.95 Å². The molecule has 0 saturated carbocycles. The third kappa shape index (κ3) is 3.65. The van der Waals surface area contributed by atoms with Gasteiger partial charge in [-0.05, 0) is 26.5 Å². The van der Waals surface area contributed by atoms with Crippen molar-refractivity contribution in [1.82, 2.24) is 14.9 Å². The topological polar surface area (TPSA) is 50.3 Å². The maximum Gasteiger partial charge on any atom is 0.223 e. The Balaban J connectivity index is 1.87. The van der Waals surface area contributed by atoms with E-state index in [4.69, 9.17) is 4.74 Å². The second-order valence-corrected chi connectivity index (χ2v) is 4.74. The Hall–Kier alpha value is -1.20. The highest BCUT2D eigenvalue weighted by Gasteiger charge is 2.19. The molecule has 0 aliphatic carbocycles. The van der Waals surface area contributed by atoms with Gasteiger partial charge in [-0.1, -0.05) is 6.92 Å². The van der Waals surface area contributed by atoms with Crippen molar-refractivity contribution in [3.05, 3.63) is 17.5 Å². The van der Waals surface area contributed by atoms with Gasteiger partial charge in [-0.3, -0.25) is 4.90 Å². The number of aryl methyl sites for hydroxylation is 2. The average Bonchev–Trinajstić information content (AvgIpc) is 2.35. The van der Waals surface area contributed by atoms with E-state index in [-0.39, 0.29) is 6.10 Å². The summed E-state index contributed by atoms with van der Waals surface area (Å²) in [5.41, 5.74) is 1.98. The van der Waals surface area contributed by atoms with Gasteiger partial charge in [0.15, 0.2) is 0 Å². The van der Waals surface area contributed by atoms with Crippen LogP contribution in [0.1, 0.15) is 18.3 Å². The van der Waals surface area contributed by atoms with Crippen LogP contribution >= 0.6 is 0 Å². The van der Waals surface area contributed by atoms with Gasteiger partial charge in [0.05, 0.1) is 12.7 Å². The standard InChI is InChI=1S/C13H22N4O/c1-4-17-5-6-18-12(9-17)8-14-13-15-10(2)7-11(3)16-13/h7,12H,4-6,8-9H2,1-3H3,(H,14,15,16). The molecule has 1 fully saturated rings. The molecule has 1 unspecified atom stereocenters. The zero-order valence-corrected chi connectivity index (χ0v) is 11.4. The summed E-state index contributed by atoms with van der Waals surface area (Å²) in [5.74, 6) is 0.699. The molecule has 1 aliphatic heterocycles. The molecular formula is C13H22N4O. The summed E-state index contributed by atoms with van der Waals surface area (Å²) < 4.78 is 5.73. The van der Waals surface area contributed by atoms with Crippen LogP contribution in [0.4, 0.5) is 5.95 Å². The van der Waals surface area contributed by atoms with E-state index in [1.165, 1.54) is 0 Å². The molecule has 0 aromatic carbocycles. The van der Waals surface area contributed by atoms with Crippen LogP contribution in [-0.2, 0) is 4.74 Å². The summed E-state index contributed by atoms with van der Waals surface area (Å²) in [6.07, 6.45) is 0.225. The molecule has 1 N–H and O–H groups in total. The number of likely N-dealkylation sites (N-methyl/N-ethyl adjacent to an activating group) is 1. The number of nitrogens with one attached hydrogen (secondary N) is 1. The Morgan fingerprint density at radius 1 is 1.39 bits per heavy atom. The van der Waals surface area contributed by atoms with E-state index in [1.807, 2.05) is 19.9 Å². The van der Waals surface area contributed by atoms with Crippen LogP contribution in [0.2, 0.25) is 0 Å². The van der Waals surface area contributed by atoms with Gasteiger partial charge in [0.25, 0.3) is 0 Å². The highest BCUT2D eigenvalue weighted by molar-refractivity contribution is 5.27. The van der Waals surface area contributed by atoms with Crippen LogP contribution in [0.5, 0.6) is 0 Å². The average molecular weight is 250 g/mol. The van der Waals surface area contributed by atoms with Crippen LogP contribution < -0.4 is 5.32 Å². The zero-order chi connectivity index (χ0) is 13.0. The summed E-state index contributed by atoms with van der Waals surface area (Å²) >= 11 is 0. The smallest absolute Gasteiger partial charge is 0.223 e. The Labute approximate surface area is 109 Å². The lowest BCUT2D eigenvalue weighted by Crippen LogP contribution is -2.45. The summed E-state index contributed by atoms with van der Waals surface area (Å²) in [7, 11) is 0. The van der Waals surface area contributed by atoms with Crippen molar-refractivity contribution < 1.29 is 4.74 Å². The largest absolute Gasteiger partial charge is 0.374 e. The normalized spacial score (nSPS) is 20.9. The zero-order valence-electron chi connectivity index (χ0n) is 11.4. The number of ether oxygens (including phenoxy) is 1. The molecule has 2 heterocycles. The first-order valence-electron chi connectivity index (χ1n) is 6.57. The second-order valence-electron chi connectivity index (χ2n) is 4.74. The van der Waals surface area contributed by atoms with Crippen LogP contribution in [0.3, 0.4) is 0 Å². The Bertz CT molecular complexity index is 376. The third-order valence-electron chi connectivity index (χ3n) is 3.14. The van der Waals surface area contributed by atoms with E-state index in [0.717, 1.165) is 44.2 Å². The monoisotopic (exact) mass is 250 g/mol. The van der Waals surface area contributed by atoms with Gasteiger partial charge in [-0.25, -0.2) is 9.97 Å². The van der Waals surface area contributed by atoms with Gasteiger partial charge in [0, 0.05) is 31.0 Å². The number of morpholine rings is 1. The molecule has 0 spiro atoms. The number of hydrogen-bond acceptors (Lipinski definition) is 5. The van der Waals surface area contributed by atoms with Crippen molar-refractivity contribution in [2.75, 3.05) is 38.1 Å². The molecule has 2 rings (SSSR count). The van der Waals surface area contributed by atoms with Gasteiger partial charge >= 0.3 is 0 Å². The fraction of sp³-hybridized carbons (Fsp3) is 0.692. The Morgan fingerprint density at radius 3 is 2.78 bits per heavy atom. The number of anilines is 1. The van der Waals surface area contributed by atoms with Crippen molar-refractivity contribution in [2.45, 2.75) is 26.9 Å². The van der Waals surface area contributed by atoms with Crippen LogP contribution in [0.25, 0.3) is 0 Å². The van der Waals surface area contributed by atoms with E-state index in [9.17, 15) is 0 Å². The maximum atomic E-state index is 5.73. The quantitative estimate of drug-likeness (QED) is 0.871. The molecule has 1 aromatic heterocycles. The first kappa shape index (κ1) is 13.2. The molecule has 18 heavy (non-hydrogen) atoms. The number of hydrogen-bond donors (Lipinski definition) is 1. The lowest BCUT2D eigenvalue weighted by atomic mass is 10.2. The van der Waals surface area contributed by atoms with E-state index in [0.29, 0.717) is 5.95 Å². The van der Waals surface area contributed by atoms with Gasteiger partial charge in [0.1, 0.15) is 0 Å². The van der Waals surface area contributed by atoms with Gasteiger partial charge in [-0.15, -0.1) is 0 Å². The molecule has 100 valence electrons. The molecular weight excluding hydrogens is 228 g/mol. The van der Waals surface area contributed by atoms with Crippen molar-refractivity contribution in [3.8, 4) is 0 Å². The fourth-order valence-corrected chi connectivity index (χ4v) is 2.20. The molecule has 5 nitrogen and oxygen atoms in total. The minimum Gasteiger partial charge on any atom is -0.374 e. The van der Waals surface area contributed by atoms with Crippen molar-refractivity contribution in [1.29, 1.82) is 0 Å². The van der Waals surface area contributed by atoms with E-state index in [1.54, 1.807) is 0 Å². The lowest BCUT2D eigenvalue weighted by Gasteiger charge is -2.32. The minimum atomic E-state index is 0.225. The molecule has 1 aromatic rings. The Kier molecular flexibility index (Phi) is 4.49. The first-order chi connectivity index (χ1) is 8.67. The summed E-state index contributed by atoms with van der Waals surface area (Å²) in [4.78, 5) is 11.1. The van der Waals surface area contributed by atoms with Gasteiger partial charge in [-0.2, -0.15) is 0 Å². The molecule has 0 bridgehead atoms. The molecule has 0 amide bonds. The van der Waals surface area contributed by atoms with Crippen LogP contribution in [0, 0.1) is 13.8 Å². The maximum absolute atomic E-state index is 5.73. The second kappa shape index (κ2) is 6.11. The highest BCUT2D eigenvalue weighted by atomic mass is 16.5. The van der Waals surface area contributed by atoms with Gasteiger partial charge < -0.3 is 10.1 Å². The third-order valence-corrected chi connectivity index (χ3v) is 3.14. The number of rotatable bonds is 4. The highest BCUT2D eigenvalue weighted by Crippen LogP contribution is 2.07. The predicted molar refractivity (Wildman–Crippen MR) is 71.8 cm³/mol. The molecule has 5 heteroatoms. The summed E-state index contributed by atoms with van der Waals surface area (Å²) in [6, 6.07) is 1.97. The van der Waals surface area contributed by atoms with Crippen molar-refractivity contribution >= 4 is 5.95 Å². The summed E-state index contributed by atoms with van der Waals surface area (Å²) in [5, 5.41) is 3.27. The van der Waals surface area contributed by atoms with E-state index < -0.39 is 0 Å². The minimum absolute atomic E-state index is 0.225. The van der Waals surface area contributed by atoms with E-state index in [2.05, 4.69) is 27.1 Å². The number of nitrogens with zero attached hydrogens (tertiary/aromatic N) is 3. The fourth-order valence-electron chi connectivity index (χ4n) is 2.20. The lowest BCUT2D eigenvalue weighted by molar-refractivity contribution is -0.0192. The molecule has 0 radical (unpaired) electrons. The Morgan fingerprint density at radius 2 is 2.11 bits per heavy atom. The molecule has 1 aliphatic rings. The SMILES string of the molecule is CCN1CCOC(CNc2nc(C)cc(C)n2)C1. The predicted octanol–water partition coefficient (Wildman–Crippen LogP) is 1.23. The summed E-state index contributed by atoms with van der Waals surface area (Å²) in [6.45, 7) is 10.8. The van der Waals surface area contributed by atoms with Crippen LogP contribution in [0.15, 0.2) is 6.07 Å². The van der Waals surface area contributed by atoms with Crippen molar-refractivity contribution in [2.24, 2.45) is 0 Å².